The van der Waals surface area contributed by atoms with E-state index >= 15 is 0 Å². The molecule has 0 radical (unpaired) electrons. The third-order valence-electron chi connectivity index (χ3n) is 4.94. The molecule has 4 rings (SSSR count). The van der Waals surface area contributed by atoms with Crippen LogP contribution in [0.3, 0.4) is 0 Å². The molecular formula is C20H15F5N2O3S. The van der Waals surface area contributed by atoms with Gasteiger partial charge in [0.15, 0.2) is 0 Å². The molecule has 2 heterocycles. The van der Waals surface area contributed by atoms with Crippen LogP contribution in [-0.2, 0) is 17.5 Å². The van der Waals surface area contributed by atoms with E-state index in [0.717, 1.165) is 28.5 Å². The van der Waals surface area contributed by atoms with E-state index in [-0.39, 0.29) is 28.1 Å². The first kappa shape index (κ1) is 21.6. The number of ether oxygens (including phenoxy) is 1. The summed E-state index contributed by atoms with van der Waals surface area (Å²) >= 11 is 0.934. The zero-order chi connectivity index (χ0) is 22.5. The SMILES string of the molecule is CCO[C@@H]1CSc2c(-c3ccc(F)cc3F)c(C(F)(F)F)cc3c(=O)[nH]c(=O)n(c23)C1. The van der Waals surface area contributed by atoms with Crippen molar-refractivity contribution in [1.82, 2.24) is 9.55 Å². The highest BCUT2D eigenvalue weighted by Crippen LogP contribution is 2.47. The van der Waals surface area contributed by atoms with E-state index < -0.39 is 51.9 Å². The summed E-state index contributed by atoms with van der Waals surface area (Å²) in [5, 5.41) is -0.349. The molecule has 5 nitrogen and oxygen atoms in total. The standard InChI is InChI=1S/C20H15F5N2O3S/c1-2-30-10-7-27-16-12(18(28)26-19(27)29)6-13(20(23,24)25)15(17(16)31-8-10)11-4-3-9(21)5-14(11)22/h3-6,10H,2,7-8H2,1H3,(H,26,28,29)/t10-/m0/s1. The second-order valence-electron chi connectivity index (χ2n) is 6.90. The van der Waals surface area contributed by atoms with Gasteiger partial charge in [0.1, 0.15) is 11.6 Å². The number of alkyl halides is 3. The number of aromatic nitrogens is 2. The summed E-state index contributed by atoms with van der Waals surface area (Å²) < 4.78 is 76.8. The normalized spacial score (nSPS) is 16.5. The zero-order valence-corrected chi connectivity index (χ0v) is 16.8. The maximum atomic E-state index is 14.6. The summed E-state index contributed by atoms with van der Waals surface area (Å²) in [6.07, 6.45) is -5.48. The molecular weight excluding hydrogens is 443 g/mol. The van der Waals surface area contributed by atoms with Crippen molar-refractivity contribution in [3.05, 3.63) is 62.3 Å². The lowest BCUT2D eigenvalue weighted by molar-refractivity contribution is -0.137. The highest BCUT2D eigenvalue weighted by Gasteiger charge is 2.38. The van der Waals surface area contributed by atoms with E-state index in [0.29, 0.717) is 18.7 Å². The molecule has 11 heteroatoms. The molecule has 1 aliphatic rings. The number of H-pyrrole nitrogens is 1. The predicted octanol–water partition coefficient (Wildman–Crippen LogP) is 4.16. The monoisotopic (exact) mass is 458 g/mol. The zero-order valence-electron chi connectivity index (χ0n) is 16.0. The summed E-state index contributed by atoms with van der Waals surface area (Å²) in [4.78, 5) is 26.9. The van der Waals surface area contributed by atoms with Crippen molar-refractivity contribution in [3.8, 4) is 11.1 Å². The van der Waals surface area contributed by atoms with Crippen LogP contribution in [-0.4, -0.2) is 28.0 Å². The van der Waals surface area contributed by atoms with Crippen LogP contribution >= 0.6 is 11.8 Å². The van der Waals surface area contributed by atoms with Crippen LogP contribution in [0.1, 0.15) is 12.5 Å². The molecule has 0 unspecified atom stereocenters. The third kappa shape index (κ3) is 3.76. The van der Waals surface area contributed by atoms with Gasteiger partial charge < -0.3 is 4.74 Å². The van der Waals surface area contributed by atoms with Crippen molar-refractivity contribution < 1.29 is 26.7 Å². The van der Waals surface area contributed by atoms with Gasteiger partial charge in [-0.05, 0) is 25.1 Å². The molecule has 3 aromatic rings. The first-order valence-electron chi connectivity index (χ1n) is 9.22. The molecule has 2 aromatic carbocycles. The quantitative estimate of drug-likeness (QED) is 0.599. The number of benzene rings is 2. The van der Waals surface area contributed by atoms with Gasteiger partial charge in [-0.15, -0.1) is 11.8 Å². The second-order valence-corrected chi connectivity index (χ2v) is 7.93. The van der Waals surface area contributed by atoms with Gasteiger partial charge in [-0.2, -0.15) is 13.2 Å². The number of nitrogens with one attached hydrogen (secondary N) is 1. The van der Waals surface area contributed by atoms with E-state index in [1.165, 1.54) is 0 Å². The molecule has 1 atom stereocenters. The van der Waals surface area contributed by atoms with Crippen LogP contribution in [0.4, 0.5) is 22.0 Å². The Morgan fingerprint density at radius 1 is 1.23 bits per heavy atom. The molecule has 1 aromatic heterocycles. The van der Waals surface area contributed by atoms with Crippen molar-refractivity contribution in [2.75, 3.05) is 12.4 Å². The Balaban J connectivity index is 2.18. The molecule has 164 valence electrons. The smallest absolute Gasteiger partial charge is 0.376 e. The van der Waals surface area contributed by atoms with Gasteiger partial charge in [-0.1, -0.05) is 0 Å². The van der Waals surface area contributed by atoms with Crippen LogP contribution in [0, 0.1) is 11.6 Å². The molecule has 0 spiro atoms. The lowest BCUT2D eigenvalue weighted by Crippen LogP contribution is -2.34. The van der Waals surface area contributed by atoms with Crippen LogP contribution in [0.5, 0.6) is 0 Å². The minimum absolute atomic E-state index is 0.00332. The van der Waals surface area contributed by atoms with Gasteiger partial charge in [0.05, 0.1) is 29.1 Å². The van der Waals surface area contributed by atoms with Crippen LogP contribution in [0.2, 0.25) is 0 Å². The van der Waals surface area contributed by atoms with Gasteiger partial charge in [0.25, 0.3) is 5.56 Å². The Bertz CT molecular complexity index is 1300. The van der Waals surface area contributed by atoms with Crippen molar-refractivity contribution in [1.29, 1.82) is 0 Å². The van der Waals surface area contributed by atoms with Gasteiger partial charge in [0, 0.05) is 34.4 Å². The highest BCUT2D eigenvalue weighted by atomic mass is 32.2. The van der Waals surface area contributed by atoms with Crippen molar-refractivity contribution in [2.45, 2.75) is 30.6 Å². The molecule has 0 bridgehead atoms. The van der Waals surface area contributed by atoms with Crippen molar-refractivity contribution in [2.24, 2.45) is 0 Å². The summed E-state index contributed by atoms with van der Waals surface area (Å²) in [5.41, 5.74) is -4.10. The number of halogens is 5. The van der Waals surface area contributed by atoms with E-state index in [4.69, 9.17) is 4.74 Å². The average Bonchev–Trinajstić information content (AvgIpc) is 2.86. The Kier molecular flexibility index (Phi) is 5.42. The van der Waals surface area contributed by atoms with Crippen molar-refractivity contribution >= 4 is 22.7 Å². The summed E-state index contributed by atoms with van der Waals surface area (Å²) in [6, 6.07) is 2.86. The van der Waals surface area contributed by atoms with Gasteiger partial charge in [0.2, 0.25) is 0 Å². The van der Waals surface area contributed by atoms with E-state index in [1.807, 2.05) is 4.98 Å². The number of rotatable bonds is 3. The molecule has 0 fully saturated rings. The minimum Gasteiger partial charge on any atom is -0.376 e. The van der Waals surface area contributed by atoms with Crippen LogP contribution in [0.15, 0.2) is 38.8 Å². The van der Waals surface area contributed by atoms with Crippen molar-refractivity contribution in [3.63, 3.8) is 0 Å². The average molecular weight is 458 g/mol. The minimum atomic E-state index is -4.94. The van der Waals surface area contributed by atoms with Crippen LogP contribution in [0.25, 0.3) is 22.0 Å². The molecule has 31 heavy (non-hydrogen) atoms. The van der Waals surface area contributed by atoms with E-state index in [1.54, 1.807) is 6.92 Å². The topological polar surface area (TPSA) is 64.1 Å². The molecule has 0 saturated carbocycles. The summed E-state index contributed by atoms with van der Waals surface area (Å²) in [6.45, 7) is 2.03. The van der Waals surface area contributed by atoms with Gasteiger partial charge >= 0.3 is 11.9 Å². The first-order chi connectivity index (χ1) is 14.6. The fourth-order valence-corrected chi connectivity index (χ4v) is 4.96. The fraction of sp³-hybridized carbons (Fsp3) is 0.300. The maximum absolute atomic E-state index is 14.6. The molecule has 1 N–H and O–H groups in total. The van der Waals surface area contributed by atoms with Crippen LogP contribution < -0.4 is 11.2 Å². The Morgan fingerprint density at radius 2 is 1.97 bits per heavy atom. The molecule has 0 saturated heterocycles. The van der Waals surface area contributed by atoms with Gasteiger partial charge in [-0.3, -0.25) is 14.3 Å². The number of nitrogens with zero attached hydrogens (tertiary/aromatic N) is 1. The Morgan fingerprint density at radius 3 is 2.61 bits per heavy atom. The summed E-state index contributed by atoms with van der Waals surface area (Å²) in [7, 11) is 0. The third-order valence-corrected chi connectivity index (χ3v) is 6.17. The van der Waals surface area contributed by atoms with E-state index in [2.05, 4.69) is 0 Å². The number of thioether (sulfide) groups is 1. The summed E-state index contributed by atoms with van der Waals surface area (Å²) in [5.74, 6) is -1.97. The number of hydrogen-bond donors (Lipinski definition) is 1. The lowest BCUT2D eigenvalue weighted by Gasteiger charge is -2.20. The van der Waals surface area contributed by atoms with E-state index in [9.17, 15) is 31.5 Å². The lowest BCUT2D eigenvalue weighted by atomic mass is 9.96. The number of hydrogen-bond acceptors (Lipinski definition) is 4. The molecule has 1 aliphatic heterocycles. The highest BCUT2D eigenvalue weighted by molar-refractivity contribution is 7.99. The predicted molar refractivity (Wildman–Crippen MR) is 105 cm³/mol. The second kappa shape index (κ2) is 7.79. The number of aromatic amines is 1. The first-order valence-corrected chi connectivity index (χ1v) is 10.2. The Labute approximate surface area is 175 Å². The molecule has 0 amide bonds. The Hall–Kier alpha value is -2.66. The molecule has 0 aliphatic carbocycles. The maximum Gasteiger partial charge on any atom is 0.417 e. The van der Waals surface area contributed by atoms with Gasteiger partial charge in [-0.25, -0.2) is 13.6 Å². The fourth-order valence-electron chi connectivity index (χ4n) is 3.69. The largest absolute Gasteiger partial charge is 0.417 e.